The molecule has 0 saturated carbocycles. The molecule has 0 aliphatic carbocycles. The molecule has 3 heterocycles. The van der Waals surface area contributed by atoms with Crippen molar-refractivity contribution in [3.63, 3.8) is 0 Å². The molecule has 1 aromatic carbocycles. The Morgan fingerprint density at radius 1 is 1.22 bits per heavy atom. The first-order chi connectivity index (χ1) is 12.8. The predicted molar refractivity (Wildman–Crippen MR) is 100 cm³/mol. The lowest BCUT2D eigenvalue weighted by Gasteiger charge is -2.33. The second-order valence-electron chi connectivity index (χ2n) is 7.19. The van der Waals surface area contributed by atoms with Crippen molar-refractivity contribution >= 4 is 16.6 Å². The highest BCUT2D eigenvalue weighted by molar-refractivity contribution is 5.78. The molecule has 138 valence electrons. The second-order valence-corrected chi connectivity index (χ2v) is 7.19. The number of aromatic nitrogens is 3. The van der Waals surface area contributed by atoms with E-state index in [9.17, 15) is 9.18 Å². The monoisotopic (exact) mass is 366 g/mol. The number of aryl methyl sites for hydroxylation is 1. The Kier molecular flexibility index (Phi) is 3.80. The number of nitrogens with zero attached hydrogens (tertiary/aromatic N) is 6. The van der Waals surface area contributed by atoms with E-state index < -0.39 is 11.5 Å². The van der Waals surface area contributed by atoms with Gasteiger partial charge in [0.15, 0.2) is 0 Å². The summed E-state index contributed by atoms with van der Waals surface area (Å²) in [6, 6.07) is 8.43. The fourth-order valence-electron chi connectivity index (χ4n) is 3.41. The Bertz CT molecular complexity index is 1140. The summed E-state index contributed by atoms with van der Waals surface area (Å²) in [4.78, 5) is 20.6. The van der Waals surface area contributed by atoms with Crippen molar-refractivity contribution in [1.82, 2.24) is 14.5 Å². The third-order valence-corrected chi connectivity index (χ3v) is 5.08. The summed E-state index contributed by atoms with van der Waals surface area (Å²) in [5, 5.41) is 10.7. The minimum atomic E-state index is -0.619. The van der Waals surface area contributed by atoms with Crippen LogP contribution in [0.3, 0.4) is 0 Å². The molecule has 0 spiro atoms. The molecule has 1 atom stereocenters. The van der Waals surface area contributed by atoms with Gasteiger partial charge in [0, 0.05) is 13.2 Å². The Balaban J connectivity index is 1.78. The Morgan fingerprint density at radius 2 is 2.00 bits per heavy atom. The second kappa shape index (κ2) is 5.94. The number of rotatable bonds is 2. The van der Waals surface area contributed by atoms with Gasteiger partial charge in [-0.2, -0.15) is 9.50 Å². The fraction of sp³-hybridized carbons (Fsp3) is 0.316. The van der Waals surface area contributed by atoms with Crippen LogP contribution < -0.4 is 10.6 Å². The summed E-state index contributed by atoms with van der Waals surface area (Å²) in [7, 11) is 1.70. The van der Waals surface area contributed by atoms with Gasteiger partial charge < -0.3 is 0 Å². The largest absolute Gasteiger partial charge is 0.299 e. The molecule has 0 bridgehead atoms. The van der Waals surface area contributed by atoms with Crippen LogP contribution in [0.1, 0.15) is 31.3 Å². The number of fused-ring (bicyclic) bond motifs is 1. The van der Waals surface area contributed by atoms with Crippen LogP contribution >= 0.6 is 0 Å². The summed E-state index contributed by atoms with van der Waals surface area (Å²) >= 11 is 0. The first-order valence-corrected chi connectivity index (χ1v) is 8.59. The lowest BCUT2D eigenvalue weighted by molar-refractivity contribution is 0.434. The average molecular weight is 366 g/mol. The van der Waals surface area contributed by atoms with E-state index in [-0.39, 0.29) is 17.3 Å². The maximum Gasteiger partial charge on any atom is 0.261 e. The quantitative estimate of drug-likeness (QED) is 0.651. The van der Waals surface area contributed by atoms with Gasteiger partial charge in [0.2, 0.25) is 5.95 Å². The molecule has 7 nitrogen and oxygen atoms in total. The summed E-state index contributed by atoms with van der Waals surface area (Å²) in [5.41, 5.74) is 1.05. The van der Waals surface area contributed by atoms with E-state index >= 15 is 0 Å². The number of anilines is 1. The summed E-state index contributed by atoms with van der Waals surface area (Å²) in [5.74, 6) is 0.0421. The van der Waals surface area contributed by atoms with Gasteiger partial charge in [-0.25, -0.2) is 15.0 Å². The first kappa shape index (κ1) is 17.3. The van der Waals surface area contributed by atoms with Crippen molar-refractivity contribution in [2.24, 2.45) is 17.4 Å². The molecule has 4 rings (SSSR count). The molecule has 8 heteroatoms. The number of hydrogen-bond acceptors (Lipinski definition) is 6. The van der Waals surface area contributed by atoms with Crippen molar-refractivity contribution in [3.8, 4) is 0 Å². The van der Waals surface area contributed by atoms with E-state index in [0.29, 0.717) is 16.7 Å². The zero-order valence-electron chi connectivity index (χ0n) is 15.5. The molecule has 0 fully saturated rings. The van der Waals surface area contributed by atoms with Crippen molar-refractivity contribution in [3.05, 3.63) is 64.2 Å². The number of pyridine rings is 1. The van der Waals surface area contributed by atoms with Crippen molar-refractivity contribution < 1.29 is 4.39 Å². The number of benzene rings is 1. The van der Waals surface area contributed by atoms with E-state index in [1.54, 1.807) is 37.2 Å². The van der Waals surface area contributed by atoms with Gasteiger partial charge in [0.25, 0.3) is 5.56 Å². The van der Waals surface area contributed by atoms with Crippen molar-refractivity contribution in [1.29, 1.82) is 0 Å². The van der Waals surface area contributed by atoms with Crippen LogP contribution in [0.15, 0.2) is 51.7 Å². The normalized spacial score (nSPS) is 18.4. The van der Waals surface area contributed by atoms with E-state index in [1.807, 2.05) is 26.0 Å². The van der Waals surface area contributed by atoms with Gasteiger partial charge in [-0.05, 0) is 50.6 Å². The molecular formula is C19H19FN6O. The van der Waals surface area contributed by atoms with Crippen LogP contribution in [-0.2, 0) is 7.05 Å². The van der Waals surface area contributed by atoms with E-state index in [1.165, 1.54) is 10.8 Å². The molecule has 3 aromatic rings. The minimum Gasteiger partial charge on any atom is -0.299 e. The molecule has 1 aliphatic heterocycles. The molecule has 1 unspecified atom stereocenters. The average Bonchev–Trinajstić information content (AvgIpc) is 2.94. The van der Waals surface area contributed by atoms with Gasteiger partial charge >= 0.3 is 0 Å². The molecule has 27 heavy (non-hydrogen) atoms. The fourth-order valence-corrected chi connectivity index (χ4v) is 3.41. The summed E-state index contributed by atoms with van der Waals surface area (Å²) < 4.78 is 15.7. The minimum absolute atomic E-state index is 0.0876. The van der Waals surface area contributed by atoms with Crippen LogP contribution in [0.25, 0.3) is 10.9 Å². The molecule has 2 aromatic heterocycles. The molecular weight excluding hydrogens is 347 g/mol. The summed E-state index contributed by atoms with van der Waals surface area (Å²) in [6.45, 7) is 5.67. The molecule has 0 amide bonds. The van der Waals surface area contributed by atoms with Gasteiger partial charge in [-0.1, -0.05) is 11.3 Å². The lowest BCUT2D eigenvalue weighted by Crippen LogP contribution is -2.41. The van der Waals surface area contributed by atoms with Crippen LogP contribution in [0.2, 0.25) is 0 Å². The SMILES string of the molecule is Cc1nc2cc(C3N=NN(c4cccnc4F)C3(C)C)ccc2c(=O)n1C. The lowest BCUT2D eigenvalue weighted by atomic mass is 9.88. The Hall–Kier alpha value is -3.16. The highest BCUT2D eigenvalue weighted by Gasteiger charge is 2.43. The predicted octanol–water partition coefficient (Wildman–Crippen LogP) is 3.48. The van der Waals surface area contributed by atoms with Crippen LogP contribution in [0, 0.1) is 12.9 Å². The van der Waals surface area contributed by atoms with Crippen molar-refractivity contribution in [2.45, 2.75) is 32.4 Å². The van der Waals surface area contributed by atoms with Gasteiger partial charge in [0.1, 0.15) is 17.6 Å². The standard InChI is InChI=1S/C19H19FN6O/c1-11-22-14-10-12(7-8-13(14)18(27)25(11)4)16-19(2,3)26(24-23-16)15-6-5-9-21-17(15)20/h5-10,16H,1-4H3. The van der Waals surface area contributed by atoms with E-state index in [4.69, 9.17) is 0 Å². The zero-order chi connectivity index (χ0) is 19.3. The highest BCUT2D eigenvalue weighted by atomic mass is 19.1. The third-order valence-electron chi connectivity index (χ3n) is 5.08. The van der Waals surface area contributed by atoms with E-state index in [2.05, 4.69) is 20.3 Å². The number of halogens is 1. The first-order valence-electron chi connectivity index (χ1n) is 8.59. The van der Waals surface area contributed by atoms with Crippen LogP contribution in [-0.4, -0.2) is 20.1 Å². The molecule has 1 aliphatic rings. The zero-order valence-corrected chi connectivity index (χ0v) is 15.5. The van der Waals surface area contributed by atoms with Crippen LogP contribution in [0.5, 0.6) is 0 Å². The Labute approximate surface area is 155 Å². The van der Waals surface area contributed by atoms with Crippen LogP contribution in [0.4, 0.5) is 10.1 Å². The smallest absolute Gasteiger partial charge is 0.261 e. The topological polar surface area (TPSA) is 75.7 Å². The van der Waals surface area contributed by atoms with E-state index in [0.717, 1.165) is 5.56 Å². The van der Waals surface area contributed by atoms with Crippen molar-refractivity contribution in [2.75, 3.05) is 5.01 Å². The van der Waals surface area contributed by atoms with Gasteiger partial charge in [0.05, 0.1) is 16.4 Å². The maximum absolute atomic E-state index is 14.1. The summed E-state index contributed by atoms with van der Waals surface area (Å²) in [6.07, 6.45) is 1.40. The number of hydrogen-bond donors (Lipinski definition) is 0. The molecule has 0 saturated heterocycles. The molecule has 0 N–H and O–H groups in total. The van der Waals surface area contributed by atoms with Gasteiger partial charge in [-0.3, -0.25) is 9.36 Å². The van der Waals surface area contributed by atoms with Gasteiger partial charge in [-0.15, -0.1) is 0 Å². The molecule has 0 radical (unpaired) electrons. The Morgan fingerprint density at radius 3 is 2.74 bits per heavy atom. The third kappa shape index (κ3) is 2.59. The maximum atomic E-state index is 14.1. The highest BCUT2D eigenvalue weighted by Crippen LogP contribution is 2.43.